The van der Waals surface area contributed by atoms with Crippen LogP contribution < -0.4 is 5.32 Å². The van der Waals surface area contributed by atoms with Crippen LogP contribution in [0.25, 0.3) is 0 Å². The molecule has 1 aliphatic rings. The van der Waals surface area contributed by atoms with E-state index < -0.39 is 10.0 Å². The highest BCUT2D eigenvalue weighted by Gasteiger charge is 2.28. The summed E-state index contributed by atoms with van der Waals surface area (Å²) in [6.45, 7) is 3.67. The number of hydrogen-bond donors (Lipinski definition) is 1. The SMILES string of the molecule is C[C@@H](C(=O)NCc1ccccc1F)N1CCN(S(C)(=O)=O)CC1. The molecule has 1 N–H and O–H groups in total. The Kier molecular flexibility index (Phi) is 5.72. The van der Waals surface area contributed by atoms with Crippen LogP contribution in [0.2, 0.25) is 0 Å². The van der Waals surface area contributed by atoms with Gasteiger partial charge in [-0.1, -0.05) is 18.2 Å². The third-order valence-electron chi connectivity index (χ3n) is 4.08. The third-order valence-corrected chi connectivity index (χ3v) is 5.38. The second-order valence-electron chi connectivity index (χ2n) is 5.68. The number of nitrogens with one attached hydrogen (secondary N) is 1. The molecule has 1 heterocycles. The van der Waals surface area contributed by atoms with Crippen LogP contribution in [0.1, 0.15) is 12.5 Å². The van der Waals surface area contributed by atoms with E-state index in [4.69, 9.17) is 0 Å². The molecule has 0 saturated carbocycles. The van der Waals surface area contributed by atoms with Crippen molar-refractivity contribution in [1.82, 2.24) is 14.5 Å². The Bertz CT molecular complexity index is 658. The normalized spacial score (nSPS) is 18.6. The number of halogens is 1. The molecule has 1 saturated heterocycles. The van der Waals surface area contributed by atoms with Crippen LogP contribution in [0.3, 0.4) is 0 Å². The summed E-state index contributed by atoms with van der Waals surface area (Å²) >= 11 is 0. The maximum absolute atomic E-state index is 13.5. The molecule has 23 heavy (non-hydrogen) atoms. The van der Waals surface area contributed by atoms with Gasteiger partial charge in [0.2, 0.25) is 15.9 Å². The first-order chi connectivity index (χ1) is 10.8. The van der Waals surface area contributed by atoms with Crippen LogP contribution in [-0.2, 0) is 21.4 Å². The maximum Gasteiger partial charge on any atom is 0.237 e. The number of hydrogen-bond acceptors (Lipinski definition) is 4. The van der Waals surface area contributed by atoms with Gasteiger partial charge in [0, 0.05) is 38.3 Å². The van der Waals surface area contributed by atoms with E-state index in [-0.39, 0.29) is 24.3 Å². The molecule has 1 amide bonds. The van der Waals surface area contributed by atoms with E-state index in [0.717, 1.165) is 0 Å². The molecular weight excluding hydrogens is 321 g/mol. The number of sulfonamides is 1. The lowest BCUT2D eigenvalue weighted by Crippen LogP contribution is -2.54. The molecule has 0 spiro atoms. The minimum atomic E-state index is -3.18. The molecule has 1 aromatic carbocycles. The molecule has 0 bridgehead atoms. The van der Waals surface area contributed by atoms with Crippen molar-refractivity contribution in [2.45, 2.75) is 19.5 Å². The minimum absolute atomic E-state index is 0.138. The highest BCUT2D eigenvalue weighted by Crippen LogP contribution is 2.10. The molecule has 0 unspecified atom stereocenters. The van der Waals surface area contributed by atoms with Crippen LogP contribution in [-0.4, -0.2) is 62.0 Å². The van der Waals surface area contributed by atoms with E-state index in [1.165, 1.54) is 16.6 Å². The summed E-state index contributed by atoms with van der Waals surface area (Å²) in [7, 11) is -3.18. The average Bonchev–Trinajstić information content (AvgIpc) is 2.52. The van der Waals surface area contributed by atoms with E-state index in [1.54, 1.807) is 25.1 Å². The highest BCUT2D eigenvalue weighted by molar-refractivity contribution is 7.88. The monoisotopic (exact) mass is 343 g/mol. The minimum Gasteiger partial charge on any atom is -0.351 e. The molecule has 128 valence electrons. The highest BCUT2D eigenvalue weighted by atomic mass is 32.2. The number of rotatable bonds is 5. The van der Waals surface area contributed by atoms with Crippen LogP contribution in [0.5, 0.6) is 0 Å². The van der Waals surface area contributed by atoms with Crippen molar-refractivity contribution in [1.29, 1.82) is 0 Å². The van der Waals surface area contributed by atoms with Gasteiger partial charge in [-0.15, -0.1) is 0 Å². The zero-order chi connectivity index (χ0) is 17.0. The Morgan fingerprint density at radius 1 is 1.26 bits per heavy atom. The van der Waals surface area contributed by atoms with Crippen molar-refractivity contribution in [2.24, 2.45) is 0 Å². The summed E-state index contributed by atoms with van der Waals surface area (Å²) in [6, 6.07) is 5.92. The average molecular weight is 343 g/mol. The first-order valence-electron chi connectivity index (χ1n) is 7.49. The van der Waals surface area contributed by atoms with Gasteiger partial charge in [-0.2, -0.15) is 4.31 Å². The van der Waals surface area contributed by atoms with Crippen molar-refractivity contribution < 1.29 is 17.6 Å². The number of nitrogens with zero attached hydrogens (tertiary/aromatic N) is 2. The van der Waals surface area contributed by atoms with Gasteiger partial charge in [-0.25, -0.2) is 12.8 Å². The van der Waals surface area contributed by atoms with Crippen molar-refractivity contribution in [3.05, 3.63) is 35.6 Å². The molecule has 1 aliphatic heterocycles. The van der Waals surface area contributed by atoms with Crippen LogP contribution in [0.4, 0.5) is 4.39 Å². The summed E-state index contributed by atoms with van der Waals surface area (Å²) in [5.41, 5.74) is 0.440. The van der Waals surface area contributed by atoms with Crippen molar-refractivity contribution in [3.8, 4) is 0 Å². The number of amides is 1. The largest absolute Gasteiger partial charge is 0.351 e. The first kappa shape index (κ1) is 17.8. The molecule has 0 aliphatic carbocycles. The standard InChI is InChI=1S/C15H22FN3O3S/c1-12(18-7-9-19(10-8-18)23(2,21)22)15(20)17-11-13-5-3-4-6-14(13)16/h3-6,12H,7-11H2,1-2H3,(H,17,20)/t12-/m0/s1. The molecule has 1 fully saturated rings. The van der Waals surface area contributed by atoms with Crippen LogP contribution >= 0.6 is 0 Å². The number of carbonyl (C=O) groups is 1. The van der Waals surface area contributed by atoms with Gasteiger partial charge >= 0.3 is 0 Å². The molecule has 8 heteroatoms. The second-order valence-corrected chi connectivity index (χ2v) is 7.67. The number of carbonyl (C=O) groups excluding carboxylic acids is 1. The van der Waals surface area contributed by atoms with Gasteiger partial charge < -0.3 is 5.32 Å². The van der Waals surface area contributed by atoms with E-state index >= 15 is 0 Å². The topological polar surface area (TPSA) is 69.7 Å². The first-order valence-corrected chi connectivity index (χ1v) is 9.34. The lowest BCUT2D eigenvalue weighted by Gasteiger charge is -2.36. The maximum atomic E-state index is 13.5. The summed E-state index contributed by atoms with van der Waals surface area (Å²) in [6.07, 6.45) is 1.19. The molecule has 2 rings (SSSR count). The Balaban J connectivity index is 1.85. The van der Waals surface area contributed by atoms with Gasteiger partial charge in [0.1, 0.15) is 5.82 Å². The predicted molar refractivity (Wildman–Crippen MR) is 85.7 cm³/mol. The smallest absolute Gasteiger partial charge is 0.237 e. The van der Waals surface area contributed by atoms with Crippen molar-refractivity contribution in [2.75, 3.05) is 32.4 Å². The van der Waals surface area contributed by atoms with Gasteiger partial charge in [0.25, 0.3) is 0 Å². The molecule has 0 aromatic heterocycles. The van der Waals surface area contributed by atoms with Crippen LogP contribution in [0.15, 0.2) is 24.3 Å². The molecule has 6 nitrogen and oxygen atoms in total. The zero-order valence-corrected chi connectivity index (χ0v) is 14.1. The fraction of sp³-hybridized carbons (Fsp3) is 0.533. The summed E-state index contributed by atoms with van der Waals surface area (Å²) in [5.74, 6) is -0.539. The predicted octanol–water partition coefficient (Wildman–Crippen LogP) is 0.408. The fourth-order valence-corrected chi connectivity index (χ4v) is 3.39. The fourth-order valence-electron chi connectivity index (χ4n) is 2.56. The summed E-state index contributed by atoms with van der Waals surface area (Å²) in [5, 5.41) is 2.73. The quantitative estimate of drug-likeness (QED) is 0.841. The molecule has 0 radical (unpaired) electrons. The Morgan fingerprint density at radius 3 is 2.43 bits per heavy atom. The van der Waals surface area contributed by atoms with E-state index in [2.05, 4.69) is 5.32 Å². The van der Waals surface area contributed by atoms with Gasteiger partial charge in [0.15, 0.2) is 0 Å². The van der Waals surface area contributed by atoms with Crippen molar-refractivity contribution in [3.63, 3.8) is 0 Å². The van der Waals surface area contributed by atoms with Crippen LogP contribution in [0, 0.1) is 5.82 Å². The Morgan fingerprint density at radius 2 is 1.87 bits per heavy atom. The van der Waals surface area contributed by atoms with Gasteiger partial charge in [-0.3, -0.25) is 9.69 Å². The second kappa shape index (κ2) is 7.37. The van der Waals surface area contributed by atoms with E-state index in [9.17, 15) is 17.6 Å². The van der Waals surface area contributed by atoms with Crippen molar-refractivity contribution >= 4 is 15.9 Å². The summed E-state index contributed by atoms with van der Waals surface area (Å²) in [4.78, 5) is 14.1. The number of benzene rings is 1. The molecular formula is C15H22FN3O3S. The number of piperazine rings is 1. The van der Waals surface area contributed by atoms with Gasteiger partial charge in [-0.05, 0) is 13.0 Å². The lowest BCUT2D eigenvalue weighted by atomic mass is 10.2. The lowest BCUT2D eigenvalue weighted by molar-refractivity contribution is -0.126. The van der Waals surface area contributed by atoms with Gasteiger partial charge in [0.05, 0.1) is 12.3 Å². The Hall–Kier alpha value is -1.51. The summed E-state index contributed by atoms with van der Waals surface area (Å²) < 4.78 is 37.9. The third kappa shape index (κ3) is 4.73. The van der Waals surface area contributed by atoms with E-state index in [0.29, 0.717) is 31.7 Å². The Labute approximate surface area is 136 Å². The van der Waals surface area contributed by atoms with E-state index in [1.807, 2.05) is 4.90 Å². The molecule has 1 atom stereocenters. The molecule has 1 aromatic rings. The zero-order valence-electron chi connectivity index (χ0n) is 13.3.